The molecule has 0 bridgehead atoms. The fraction of sp³-hybridized carbons (Fsp3) is 0.250. The largest absolute Gasteiger partial charge is 0.376 e. The van der Waals surface area contributed by atoms with E-state index in [1.54, 1.807) is 12.1 Å². The van der Waals surface area contributed by atoms with E-state index in [9.17, 15) is 10.1 Å². The fourth-order valence-corrected chi connectivity index (χ4v) is 2.80. The molecule has 0 amide bonds. The van der Waals surface area contributed by atoms with Crippen LogP contribution in [0.4, 0.5) is 11.4 Å². The summed E-state index contributed by atoms with van der Waals surface area (Å²) in [4.78, 5) is 10.8. The normalized spacial score (nSPS) is 14.1. The highest BCUT2D eigenvalue weighted by Gasteiger charge is 2.23. The number of benzene rings is 2. The van der Waals surface area contributed by atoms with Gasteiger partial charge in [0.2, 0.25) is 0 Å². The summed E-state index contributed by atoms with van der Waals surface area (Å²) in [6.07, 6.45) is 1.84. The summed E-state index contributed by atoms with van der Waals surface area (Å²) in [6, 6.07) is 13.9. The third kappa shape index (κ3) is 2.37. The average molecular weight is 268 g/mol. The molecule has 1 N–H and O–H groups in total. The number of hydrogen-bond donors (Lipinski definition) is 1. The van der Waals surface area contributed by atoms with Crippen molar-refractivity contribution in [1.29, 1.82) is 0 Å². The highest BCUT2D eigenvalue weighted by atomic mass is 16.6. The molecule has 3 rings (SSSR count). The lowest BCUT2D eigenvalue weighted by atomic mass is 10.1. The predicted molar refractivity (Wildman–Crippen MR) is 79.1 cm³/mol. The molecule has 4 nitrogen and oxygen atoms in total. The molecule has 0 heterocycles. The Hall–Kier alpha value is -2.36. The summed E-state index contributed by atoms with van der Waals surface area (Å²) in [5.41, 5.74) is 4.33. The van der Waals surface area contributed by atoms with Gasteiger partial charge in [0.1, 0.15) is 5.69 Å². The molecule has 0 saturated heterocycles. The van der Waals surface area contributed by atoms with Gasteiger partial charge in [0.15, 0.2) is 0 Å². The molecule has 0 fully saturated rings. The molecular weight excluding hydrogens is 252 g/mol. The van der Waals surface area contributed by atoms with Gasteiger partial charge in [-0.1, -0.05) is 30.3 Å². The van der Waals surface area contributed by atoms with Gasteiger partial charge >= 0.3 is 0 Å². The average Bonchev–Trinajstić information content (AvgIpc) is 2.82. The van der Waals surface area contributed by atoms with Crippen LogP contribution in [0, 0.1) is 17.0 Å². The Bertz CT molecular complexity index is 642. The number of nitro groups is 1. The number of aryl methyl sites for hydroxylation is 1. The third-order valence-electron chi connectivity index (χ3n) is 3.76. The molecule has 0 spiro atoms. The van der Waals surface area contributed by atoms with Crippen LogP contribution in [-0.2, 0) is 12.8 Å². The summed E-state index contributed by atoms with van der Waals surface area (Å²) >= 11 is 0. The SMILES string of the molecule is Cc1ccc(NC2Cc3ccccc3C2)c([N+](=O)[O-])c1. The second-order valence-electron chi connectivity index (χ2n) is 5.30. The summed E-state index contributed by atoms with van der Waals surface area (Å²) in [7, 11) is 0. The van der Waals surface area contributed by atoms with Crippen molar-refractivity contribution in [3.05, 3.63) is 69.3 Å². The Kier molecular flexibility index (Phi) is 3.14. The third-order valence-corrected chi connectivity index (χ3v) is 3.76. The number of nitrogens with zero attached hydrogens (tertiary/aromatic N) is 1. The monoisotopic (exact) mass is 268 g/mol. The lowest BCUT2D eigenvalue weighted by Crippen LogP contribution is -2.20. The summed E-state index contributed by atoms with van der Waals surface area (Å²) in [5.74, 6) is 0. The highest BCUT2D eigenvalue weighted by molar-refractivity contribution is 5.63. The molecular formula is C16H16N2O2. The Morgan fingerprint density at radius 3 is 2.40 bits per heavy atom. The molecule has 4 heteroatoms. The number of anilines is 1. The molecule has 20 heavy (non-hydrogen) atoms. The zero-order chi connectivity index (χ0) is 14.1. The van der Waals surface area contributed by atoms with Crippen LogP contribution in [0.3, 0.4) is 0 Å². The fourth-order valence-electron chi connectivity index (χ4n) is 2.80. The van der Waals surface area contributed by atoms with Crippen molar-refractivity contribution in [2.24, 2.45) is 0 Å². The second kappa shape index (κ2) is 4.96. The molecule has 0 atom stereocenters. The maximum Gasteiger partial charge on any atom is 0.292 e. The van der Waals surface area contributed by atoms with Gasteiger partial charge in [-0.15, -0.1) is 0 Å². The van der Waals surface area contributed by atoms with E-state index in [1.807, 2.05) is 25.1 Å². The summed E-state index contributed by atoms with van der Waals surface area (Å²) in [5, 5.41) is 14.5. The van der Waals surface area contributed by atoms with E-state index < -0.39 is 0 Å². The first-order valence-electron chi connectivity index (χ1n) is 6.72. The van der Waals surface area contributed by atoms with Gasteiger partial charge in [-0.2, -0.15) is 0 Å². The zero-order valence-electron chi connectivity index (χ0n) is 11.3. The minimum atomic E-state index is -0.322. The van der Waals surface area contributed by atoms with Gasteiger partial charge in [0, 0.05) is 12.1 Å². The Balaban J connectivity index is 1.82. The van der Waals surface area contributed by atoms with E-state index >= 15 is 0 Å². The van der Waals surface area contributed by atoms with Crippen molar-refractivity contribution in [3.63, 3.8) is 0 Å². The van der Waals surface area contributed by atoms with Crippen LogP contribution < -0.4 is 5.32 Å². The molecule has 102 valence electrons. The molecule has 2 aromatic rings. The van der Waals surface area contributed by atoms with Gasteiger partial charge in [-0.25, -0.2) is 0 Å². The van der Waals surface area contributed by atoms with Gasteiger partial charge in [-0.05, 0) is 42.5 Å². The second-order valence-corrected chi connectivity index (χ2v) is 5.30. The van der Waals surface area contributed by atoms with E-state index in [0.717, 1.165) is 18.4 Å². The number of nitro benzene ring substituents is 1. The van der Waals surface area contributed by atoms with Crippen LogP contribution in [0.5, 0.6) is 0 Å². The van der Waals surface area contributed by atoms with Crippen molar-refractivity contribution in [2.45, 2.75) is 25.8 Å². The minimum Gasteiger partial charge on any atom is -0.376 e. The smallest absolute Gasteiger partial charge is 0.292 e. The van der Waals surface area contributed by atoms with Crippen molar-refractivity contribution >= 4 is 11.4 Å². The van der Waals surface area contributed by atoms with Gasteiger partial charge in [0.25, 0.3) is 5.69 Å². The number of hydrogen-bond acceptors (Lipinski definition) is 3. The molecule has 0 aromatic heterocycles. The first-order chi connectivity index (χ1) is 9.63. The van der Waals surface area contributed by atoms with E-state index in [-0.39, 0.29) is 16.7 Å². The lowest BCUT2D eigenvalue weighted by molar-refractivity contribution is -0.384. The van der Waals surface area contributed by atoms with Crippen LogP contribution >= 0.6 is 0 Å². The van der Waals surface area contributed by atoms with Crippen LogP contribution in [0.15, 0.2) is 42.5 Å². The Morgan fingerprint density at radius 1 is 1.15 bits per heavy atom. The minimum absolute atomic E-state index is 0.154. The molecule has 0 unspecified atom stereocenters. The maximum absolute atomic E-state index is 11.1. The van der Waals surface area contributed by atoms with Crippen LogP contribution in [0.25, 0.3) is 0 Å². The lowest BCUT2D eigenvalue weighted by Gasteiger charge is -2.14. The van der Waals surface area contributed by atoms with Gasteiger partial charge < -0.3 is 5.32 Å². The molecule has 0 aliphatic heterocycles. The van der Waals surface area contributed by atoms with Crippen LogP contribution in [0.1, 0.15) is 16.7 Å². The van der Waals surface area contributed by atoms with Crippen molar-refractivity contribution in [3.8, 4) is 0 Å². The molecule has 2 aromatic carbocycles. The first-order valence-corrected chi connectivity index (χ1v) is 6.72. The number of rotatable bonds is 3. The maximum atomic E-state index is 11.1. The van der Waals surface area contributed by atoms with E-state index in [0.29, 0.717) is 5.69 Å². The van der Waals surface area contributed by atoms with Crippen LogP contribution in [0.2, 0.25) is 0 Å². The van der Waals surface area contributed by atoms with E-state index in [2.05, 4.69) is 17.4 Å². The first kappa shape index (κ1) is 12.7. The topological polar surface area (TPSA) is 55.2 Å². The Labute approximate surface area is 117 Å². The summed E-state index contributed by atoms with van der Waals surface area (Å²) < 4.78 is 0. The number of fused-ring (bicyclic) bond motifs is 1. The number of nitrogens with one attached hydrogen (secondary N) is 1. The predicted octanol–water partition coefficient (Wildman–Crippen LogP) is 3.48. The summed E-state index contributed by atoms with van der Waals surface area (Å²) in [6.45, 7) is 1.86. The highest BCUT2D eigenvalue weighted by Crippen LogP contribution is 2.29. The molecule has 0 radical (unpaired) electrons. The van der Waals surface area contributed by atoms with Crippen molar-refractivity contribution in [2.75, 3.05) is 5.32 Å². The quantitative estimate of drug-likeness (QED) is 0.685. The van der Waals surface area contributed by atoms with Gasteiger partial charge in [-0.3, -0.25) is 10.1 Å². The van der Waals surface area contributed by atoms with E-state index in [4.69, 9.17) is 0 Å². The standard InChI is InChI=1S/C16H16N2O2/c1-11-6-7-15(16(8-11)18(19)20)17-14-9-12-4-2-3-5-13(12)10-14/h2-8,14,17H,9-10H2,1H3. The van der Waals surface area contributed by atoms with Crippen molar-refractivity contribution in [1.82, 2.24) is 0 Å². The van der Waals surface area contributed by atoms with Crippen molar-refractivity contribution < 1.29 is 4.92 Å². The Morgan fingerprint density at radius 2 is 1.80 bits per heavy atom. The van der Waals surface area contributed by atoms with Crippen LogP contribution in [-0.4, -0.2) is 11.0 Å². The molecule has 1 aliphatic carbocycles. The molecule has 0 saturated carbocycles. The molecule has 1 aliphatic rings. The zero-order valence-corrected chi connectivity index (χ0v) is 11.3. The van der Waals surface area contributed by atoms with E-state index in [1.165, 1.54) is 11.1 Å². The van der Waals surface area contributed by atoms with Gasteiger partial charge in [0.05, 0.1) is 4.92 Å².